The average Bonchev–Trinajstić information content (AvgIpc) is 2.27. The first kappa shape index (κ1) is 15.2. The molecule has 1 amide bonds. The molecule has 0 spiro atoms. The van der Waals surface area contributed by atoms with Gasteiger partial charge in [-0.2, -0.15) is 5.26 Å². The molecule has 0 aliphatic carbocycles. The van der Waals surface area contributed by atoms with Crippen LogP contribution < -0.4 is 5.32 Å². The summed E-state index contributed by atoms with van der Waals surface area (Å²) in [5, 5.41) is 11.4. The molecule has 102 valence electrons. The van der Waals surface area contributed by atoms with Crippen molar-refractivity contribution in [3.63, 3.8) is 0 Å². The molecule has 1 N–H and O–H groups in total. The Hall–Kier alpha value is -1.82. The molecule has 0 unspecified atom stereocenters. The van der Waals surface area contributed by atoms with E-state index in [0.29, 0.717) is 0 Å². The number of nitrogens with one attached hydrogen (secondary N) is 1. The number of rotatable bonds is 3. The van der Waals surface area contributed by atoms with Crippen molar-refractivity contribution in [3.8, 4) is 6.07 Å². The quantitative estimate of drug-likeness (QED) is 0.904. The molecule has 1 aromatic carbocycles. The van der Waals surface area contributed by atoms with Gasteiger partial charge in [0.2, 0.25) is 5.91 Å². The Labute approximate surface area is 115 Å². The smallest absolute Gasteiger partial charge is 0.234 e. The second-order valence-electron chi connectivity index (χ2n) is 6.34. The number of carbonyl (C=O) groups excluding carboxylic acids is 1. The molecule has 0 aliphatic heterocycles. The standard InChI is InChI=1S/C16H22N2O/c1-15(2,3)12-6-8-13(9-7-12)16(4,5)18-14(19)10-11-17/h6-9H,10H2,1-5H3,(H,18,19). The van der Waals surface area contributed by atoms with Crippen LogP contribution in [0, 0.1) is 11.3 Å². The molecule has 0 heterocycles. The molecule has 0 saturated heterocycles. The summed E-state index contributed by atoms with van der Waals surface area (Å²) in [6.07, 6.45) is -0.108. The van der Waals surface area contributed by atoms with Gasteiger partial charge in [0, 0.05) is 0 Å². The van der Waals surface area contributed by atoms with E-state index < -0.39 is 5.54 Å². The number of nitrogens with zero attached hydrogens (tertiary/aromatic N) is 1. The summed E-state index contributed by atoms with van der Waals surface area (Å²) in [6.45, 7) is 10.4. The fourth-order valence-corrected chi connectivity index (χ4v) is 1.92. The number of amides is 1. The molecule has 0 saturated carbocycles. The number of carbonyl (C=O) groups is 1. The summed E-state index contributed by atoms with van der Waals surface area (Å²) in [7, 11) is 0. The largest absolute Gasteiger partial charge is 0.346 e. The summed E-state index contributed by atoms with van der Waals surface area (Å²) in [4.78, 5) is 11.5. The van der Waals surface area contributed by atoms with Crippen LogP contribution in [0.5, 0.6) is 0 Å². The van der Waals surface area contributed by atoms with Crippen LogP contribution >= 0.6 is 0 Å². The monoisotopic (exact) mass is 258 g/mol. The molecule has 1 aromatic rings. The minimum absolute atomic E-state index is 0.108. The van der Waals surface area contributed by atoms with Gasteiger partial charge in [-0.05, 0) is 30.4 Å². The van der Waals surface area contributed by atoms with Gasteiger partial charge in [-0.25, -0.2) is 0 Å². The number of benzene rings is 1. The second-order valence-corrected chi connectivity index (χ2v) is 6.34. The first-order valence-corrected chi connectivity index (χ1v) is 6.46. The third kappa shape index (κ3) is 4.10. The van der Waals surface area contributed by atoms with Crippen LogP contribution in [0.25, 0.3) is 0 Å². The van der Waals surface area contributed by atoms with E-state index in [9.17, 15) is 4.79 Å². The van der Waals surface area contributed by atoms with E-state index >= 15 is 0 Å². The molecule has 0 fully saturated rings. The van der Waals surface area contributed by atoms with Crippen molar-refractivity contribution in [2.24, 2.45) is 0 Å². The van der Waals surface area contributed by atoms with Gasteiger partial charge < -0.3 is 5.32 Å². The molecule has 3 nitrogen and oxygen atoms in total. The van der Waals surface area contributed by atoms with Gasteiger partial charge in [-0.1, -0.05) is 45.0 Å². The minimum atomic E-state index is -0.468. The fraction of sp³-hybridized carbons (Fsp3) is 0.500. The molecule has 0 radical (unpaired) electrons. The van der Waals surface area contributed by atoms with Gasteiger partial charge in [0.25, 0.3) is 0 Å². The molecule has 0 aromatic heterocycles. The number of hydrogen-bond donors (Lipinski definition) is 1. The van der Waals surface area contributed by atoms with E-state index in [1.165, 1.54) is 5.56 Å². The zero-order valence-corrected chi connectivity index (χ0v) is 12.4. The van der Waals surface area contributed by atoms with Crippen molar-refractivity contribution in [2.45, 2.75) is 52.0 Å². The Kier molecular flexibility index (Phi) is 4.36. The molecular formula is C16H22N2O. The first-order valence-electron chi connectivity index (χ1n) is 6.46. The Morgan fingerprint density at radius 2 is 1.58 bits per heavy atom. The normalized spacial score (nSPS) is 11.8. The van der Waals surface area contributed by atoms with Crippen molar-refractivity contribution in [3.05, 3.63) is 35.4 Å². The predicted molar refractivity (Wildman–Crippen MR) is 76.5 cm³/mol. The number of nitriles is 1. The van der Waals surface area contributed by atoms with Crippen LogP contribution in [0.4, 0.5) is 0 Å². The van der Waals surface area contributed by atoms with Crippen LogP contribution in [0.1, 0.15) is 52.2 Å². The summed E-state index contributed by atoms with van der Waals surface area (Å²) in [5.74, 6) is -0.243. The highest BCUT2D eigenvalue weighted by atomic mass is 16.1. The molecule has 0 atom stereocenters. The highest BCUT2D eigenvalue weighted by molar-refractivity contribution is 5.78. The lowest BCUT2D eigenvalue weighted by Crippen LogP contribution is -2.40. The molecule has 0 aliphatic rings. The maximum Gasteiger partial charge on any atom is 0.234 e. The highest BCUT2D eigenvalue weighted by Crippen LogP contribution is 2.26. The summed E-state index contributed by atoms with van der Waals surface area (Å²) in [6, 6.07) is 10.1. The molecule has 0 bridgehead atoms. The van der Waals surface area contributed by atoms with Crippen LogP contribution in [-0.4, -0.2) is 5.91 Å². The number of hydrogen-bond acceptors (Lipinski definition) is 2. The second kappa shape index (κ2) is 5.44. The Balaban J connectivity index is 2.91. The third-order valence-electron chi connectivity index (χ3n) is 3.16. The van der Waals surface area contributed by atoms with E-state index in [2.05, 4.69) is 38.2 Å². The Bertz CT molecular complexity index is 487. The molecule has 19 heavy (non-hydrogen) atoms. The summed E-state index contributed by atoms with van der Waals surface area (Å²) < 4.78 is 0. The third-order valence-corrected chi connectivity index (χ3v) is 3.16. The SMILES string of the molecule is CC(C)(C)c1ccc(C(C)(C)NC(=O)CC#N)cc1. The summed E-state index contributed by atoms with van der Waals surface area (Å²) >= 11 is 0. The minimum Gasteiger partial charge on any atom is -0.346 e. The van der Waals surface area contributed by atoms with Crippen LogP contribution in [-0.2, 0) is 15.7 Å². The molecular weight excluding hydrogens is 236 g/mol. The lowest BCUT2D eigenvalue weighted by molar-refractivity contribution is -0.121. The van der Waals surface area contributed by atoms with Crippen molar-refractivity contribution >= 4 is 5.91 Å². The first-order chi connectivity index (χ1) is 8.66. The topological polar surface area (TPSA) is 52.9 Å². The predicted octanol–water partition coefficient (Wildman–Crippen LogP) is 3.25. The van der Waals surface area contributed by atoms with Crippen LogP contribution in [0.2, 0.25) is 0 Å². The van der Waals surface area contributed by atoms with Crippen molar-refractivity contribution in [1.29, 1.82) is 5.26 Å². The van der Waals surface area contributed by atoms with Crippen LogP contribution in [0.3, 0.4) is 0 Å². The van der Waals surface area contributed by atoms with Gasteiger partial charge in [-0.15, -0.1) is 0 Å². The van der Waals surface area contributed by atoms with Gasteiger partial charge >= 0.3 is 0 Å². The van der Waals surface area contributed by atoms with E-state index in [1.54, 1.807) is 0 Å². The van der Waals surface area contributed by atoms with Gasteiger partial charge in [0.05, 0.1) is 11.6 Å². The van der Waals surface area contributed by atoms with E-state index in [-0.39, 0.29) is 17.7 Å². The maximum atomic E-state index is 11.5. The van der Waals surface area contributed by atoms with Crippen molar-refractivity contribution in [1.82, 2.24) is 5.32 Å². The average molecular weight is 258 g/mol. The van der Waals surface area contributed by atoms with E-state index in [1.807, 2.05) is 32.0 Å². The van der Waals surface area contributed by atoms with Crippen molar-refractivity contribution < 1.29 is 4.79 Å². The maximum absolute atomic E-state index is 11.5. The zero-order valence-electron chi connectivity index (χ0n) is 12.4. The van der Waals surface area contributed by atoms with E-state index in [4.69, 9.17) is 5.26 Å². The van der Waals surface area contributed by atoms with Gasteiger partial charge in [0.15, 0.2) is 0 Å². The lowest BCUT2D eigenvalue weighted by atomic mass is 9.84. The van der Waals surface area contributed by atoms with Gasteiger partial charge in [-0.3, -0.25) is 4.79 Å². The zero-order chi connectivity index (χ0) is 14.7. The van der Waals surface area contributed by atoms with Crippen LogP contribution in [0.15, 0.2) is 24.3 Å². The van der Waals surface area contributed by atoms with Gasteiger partial charge in [0.1, 0.15) is 6.42 Å². The summed E-state index contributed by atoms with van der Waals surface area (Å²) in [5.41, 5.74) is 1.94. The Morgan fingerprint density at radius 3 is 2.00 bits per heavy atom. The lowest BCUT2D eigenvalue weighted by Gasteiger charge is -2.28. The van der Waals surface area contributed by atoms with E-state index in [0.717, 1.165) is 5.56 Å². The van der Waals surface area contributed by atoms with Crippen molar-refractivity contribution in [2.75, 3.05) is 0 Å². The Morgan fingerprint density at radius 1 is 1.11 bits per heavy atom. The molecule has 1 rings (SSSR count). The highest BCUT2D eigenvalue weighted by Gasteiger charge is 2.23. The fourth-order valence-electron chi connectivity index (χ4n) is 1.92. The molecule has 3 heteroatoms.